The summed E-state index contributed by atoms with van der Waals surface area (Å²) >= 11 is 0. The number of unbranched alkanes of at least 4 members (excludes halogenated alkanes) is 3. The molecule has 1 aromatic carbocycles. The van der Waals surface area contributed by atoms with Crippen LogP contribution in [0.1, 0.15) is 64.9 Å². The fourth-order valence-electron chi connectivity index (χ4n) is 2.59. The Labute approximate surface area is 126 Å². The standard InChI is InChI=1S/C19H33N/c1-4-5-10-15-19(2,3)17-20-16-11-9-14-18-12-7-6-8-13-18/h6-8,12-13,20H,4-5,9-11,14-17H2,1-3H3. The van der Waals surface area contributed by atoms with Crippen LogP contribution in [0.15, 0.2) is 30.3 Å². The van der Waals surface area contributed by atoms with Gasteiger partial charge in [0.15, 0.2) is 0 Å². The average Bonchev–Trinajstić information content (AvgIpc) is 2.44. The number of aryl methyl sites for hydroxylation is 1. The molecular formula is C19H33N. The van der Waals surface area contributed by atoms with Crippen molar-refractivity contribution in [1.82, 2.24) is 5.32 Å². The monoisotopic (exact) mass is 275 g/mol. The zero-order valence-electron chi connectivity index (χ0n) is 13.8. The minimum atomic E-state index is 0.453. The summed E-state index contributed by atoms with van der Waals surface area (Å²) in [6.07, 6.45) is 9.19. The summed E-state index contributed by atoms with van der Waals surface area (Å²) in [5, 5.41) is 3.64. The predicted octanol–water partition coefficient (Wildman–Crippen LogP) is 5.21. The Bertz CT molecular complexity index is 329. The Kier molecular flexibility index (Phi) is 8.60. The van der Waals surface area contributed by atoms with Crippen molar-refractivity contribution in [3.05, 3.63) is 35.9 Å². The van der Waals surface area contributed by atoms with Crippen molar-refractivity contribution in [2.24, 2.45) is 5.41 Å². The Morgan fingerprint density at radius 1 is 0.950 bits per heavy atom. The second kappa shape index (κ2) is 9.99. The summed E-state index contributed by atoms with van der Waals surface area (Å²) in [5.74, 6) is 0. The molecule has 114 valence electrons. The van der Waals surface area contributed by atoms with Gasteiger partial charge in [-0.05, 0) is 43.2 Å². The molecule has 0 atom stereocenters. The number of hydrogen-bond donors (Lipinski definition) is 1. The molecule has 0 aliphatic carbocycles. The molecule has 1 heteroatoms. The van der Waals surface area contributed by atoms with E-state index in [2.05, 4.69) is 56.4 Å². The molecule has 0 radical (unpaired) electrons. The minimum absolute atomic E-state index is 0.453. The van der Waals surface area contributed by atoms with Gasteiger partial charge in [-0.25, -0.2) is 0 Å². The summed E-state index contributed by atoms with van der Waals surface area (Å²) in [7, 11) is 0. The molecule has 0 bridgehead atoms. The van der Waals surface area contributed by atoms with Crippen LogP contribution >= 0.6 is 0 Å². The van der Waals surface area contributed by atoms with E-state index in [1.165, 1.54) is 50.5 Å². The van der Waals surface area contributed by atoms with Gasteiger partial charge < -0.3 is 5.32 Å². The summed E-state index contributed by atoms with van der Waals surface area (Å²) in [6.45, 7) is 9.36. The van der Waals surface area contributed by atoms with Crippen molar-refractivity contribution in [1.29, 1.82) is 0 Å². The maximum Gasteiger partial charge on any atom is 0.000252 e. The lowest BCUT2D eigenvalue weighted by Crippen LogP contribution is -2.30. The summed E-state index contributed by atoms with van der Waals surface area (Å²) in [6, 6.07) is 10.8. The highest BCUT2D eigenvalue weighted by molar-refractivity contribution is 5.14. The molecule has 1 N–H and O–H groups in total. The number of hydrogen-bond acceptors (Lipinski definition) is 1. The van der Waals surface area contributed by atoms with Gasteiger partial charge in [-0.3, -0.25) is 0 Å². The zero-order chi connectivity index (χ0) is 14.7. The van der Waals surface area contributed by atoms with Gasteiger partial charge in [-0.15, -0.1) is 0 Å². The van der Waals surface area contributed by atoms with Crippen molar-refractivity contribution in [2.75, 3.05) is 13.1 Å². The van der Waals surface area contributed by atoms with Crippen LogP contribution < -0.4 is 5.32 Å². The SMILES string of the molecule is CCCCCC(C)(C)CNCCCCc1ccccc1. The van der Waals surface area contributed by atoms with Gasteiger partial charge in [0.25, 0.3) is 0 Å². The van der Waals surface area contributed by atoms with Crippen LogP contribution in [0, 0.1) is 5.41 Å². The van der Waals surface area contributed by atoms with E-state index in [4.69, 9.17) is 0 Å². The molecule has 0 fully saturated rings. The maximum absolute atomic E-state index is 3.64. The highest BCUT2D eigenvalue weighted by Gasteiger charge is 2.16. The Hall–Kier alpha value is -0.820. The fraction of sp³-hybridized carbons (Fsp3) is 0.684. The van der Waals surface area contributed by atoms with Crippen LogP contribution in [-0.2, 0) is 6.42 Å². The van der Waals surface area contributed by atoms with Crippen molar-refractivity contribution in [2.45, 2.75) is 65.7 Å². The molecule has 20 heavy (non-hydrogen) atoms. The van der Waals surface area contributed by atoms with E-state index in [0.29, 0.717) is 5.41 Å². The largest absolute Gasteiger partial charge is 0.316 e. The molecule has 0 aromatic heterocycles. The van der Waals surface area contributed by atoms with Gasteiger partial charge in [0.2, 0.25) is 0 Å². The minimum Gasteiger partial charge on any atom is -0.316 e. The van der Waals surface area contributed by atoms with Crippen LogP contribution in [0.5, 0.6) is 0 Å². The van der Waals surface area contributed by atoms with Gasteiger partial charge >= 0.3 is 0 Å². The maximum atomic E-state index is 3.64. The molecule has 0 unspecified atom stereocenters. The lowest BCUT2D eigenvalue weighted by atomic mass is 9.87. The first-order valence-corrected chi connectivity index (χ1v) is 8.39. The van der Waals surface area contributed by atoms with Crippen molar-refractivity contribution < 1.29 is 0 Å². The lowest BCUT2D eigenvalue weighted by molar-refractivity contribution is 0.302. The summed E-state index contributed by atoms with van der Waals surface area (Å²) < 4.78 is 0. The molecule has 1 rings (SSSR count). The average molecular weight is 275 g/mol. The van der Waals surface area contributed by atoms with E-state index in [9.17, 15) is 0 Å². The van der Waals surface area contributed by atoms with Gasteiger partial charge in [0.1, 0.15) is 0 Å². The quantitative estimate of drug-likeness (QED) is 0.547. The third kappa shape index (κ3) is 8.37. The first-order valence-electron chi connectivity index (χ1n) is 8.39. The topological polar surface area (TPSA) is 12.0 Å². The summed E-state index contributed by atoms with van der Waals surface area (Å²) in [4.78, 5) is 0. The van der Waals surface area contributed by atoms with E-state index >= 15 is 0 Å². The summed E-state index contributed by atoms with van der Waals surface area (Å²) in [5.41, 5.74) is 1.92. The van der Waals surface area contributed by atoms with Crippen LogP contribution in [0.3, 0.4) is 0 Å². The molecule has 1 nitrogen and oxygen atoms in total. The molecule has 1 aromatic rings. The highest BCUT2D eigenvalue weighted by atomic mass is 14.9. The van der Waals surface area contributed by atoms with E-state index in [1.54, 1.807) is 0 Å². The first-order chi connectivity index (χ1) is 9.64. The molecule has 0 saturated carbocycles. The molecule has 0 aliphatic heterocycles. The van der Waals surface area contributed by atoms with E-state index < -0.39 is 0 Å². The smallest absolute Gasteiger partial charge is 0.000252 e. The second-order valence-corrected chi connectivity index (χ2v) is 6.74. The van der Waals surface area contributed by atoms with Crippen LogP contribution in [0.4, 0.5) is 0 Å². The van der Waals surface area contributed by atoms with E-state index in [-0.39, 0.29) is 0 Å². The van der Waals surface area contributed by atoms with Crippen LogP contribution in [0.2, 0.25) is 0 Å². The number of benzene rings is 1. The van der Waals surface area contributed by atoms with Crippen molar-refractivity contribution in [3.8, 4) is 0 Å². The van der Waals surface area contributed by atoms with Gasteiger partial charge in [-0.1, -0.05) is 70.4 Å². The van der Waals surface area contributed by atoms with E-state index in [0.717, 1.165) is 13.1 Å². The van der Waals surface area contributed by atoms with Gasteiger partial charge in [0.05, 0.1) is 0 Å². The third-order valence-corrected chi connectivity index (χ3v) is 3.97. The Morgan fingerprint density at radius 2 is 1.70 bits per heavy atom. The third-order valence-electron chi connectivity index (χ3n) is 3.97. The zero-order valence-corrected chi connectivity index (χ0v) is 13.8. The fourth-order valence-corrected chi connectivity index (χ4v) is 2.59. The predicted molar refractivity (Wildman–Crippen MR) is 90.2 cm³/mol. The van der Waals surface area contributed by atoms with E-state index in [1.807, 2.05) is 0 Å². The van der Waals surface area contributed by atoms with Crippen molar-refractivity contribution in [3.63, 3.8) is 0 Å². The molecular weight excluding hydrogens is 242 g/mol. The van der Waals surface area contributed by atoms with Crippen LogP contribution in [-0.4, -0.2) is 13.1 Å². The Balaban J connectivity index is 2.01. The lowest BCUT2D eigenvalue weighted by Gasteiger charge is -2.25. The molecule has 0 amide bonds. The number of rotatable bonds is 11. The number of nitrogens with one attached hydrogen (secondary N) is 1. The normalized spacial score (nSPS) is 11.8. The first kappa shape index (κ1) is 17.2. The Morgan fingerprint density at radius 3 is 2.40 bits per heavy atom. The van der Waals surface area contributed by atoms with Crippen molar-refractivity contribution >= 4 is 0 Å². The molecule has 0 aliphatic rings. The molecule has 0 saturated heterocycles. The van der Waals surface area contributed by atoms with Gasteiger partial charge in [0, 0.05) is 6.54 Å². The highest BCUT2D eigenvalue weighted by Crippen LogP contribution is 2.22. The molecule has 0 spiro atoms. The molecule has 0 heterocycles. The van der Waals surface area contributed by atoms with Gasteiger partial charge in [-0.2, -0.15) is 0 Å². The second-order valence-electron chi connectivity index (χ2n) is 6.74. The van der Waals surface area contributed by atoms with Crippen LogP contribution in [0.25, 0.3) is 0 Å².